The topological polar surface area (TPSA) is 42.0 Å². The molecular weight excluding hydrogens is 380 g/mol. The van der Waals surface area contributed by atoms with Gasteiger partial charge in [-0.25, -0.2) is 4.98 Å². The second kappa shape index (κ2) is 8.73. The minimum atomic E-state index is -0.0833. The van der Waals surface area contributed by atoms with Gasteiger partial charge in [0.05, 0.1) is 16.8 Å². The molecule has 4 rings (SSSR count). The SMILES string of the molecule is CCc1cccc(CC)c1NC(=O)c1c(C)c(-c2ccc(C)cc2)nc2ccccc12. The molecule has 4 aromatic rings. The van der Waals surface area contributed by atoms with Gasteiger partial charge in [-0.05, 0) is 49.4 Å². The number of pyridine rings is 1. The fraction of sp³-hybridized carbons (Fsp3) is 0.214. The quantitative estimate of drug-likeness (QED) is 0.390. The van der Waals surface area contributed by atoms with Gasteiger partial charge in [-0.1, -0.05) is 80.1 Å². The number of amides is 1. The van der Waals surface area contributed by atoms with Crippen LogP contribution in [0.5, 0.6) is 0 Å². The fourth-order valence-corrected chi connectivity index (χ4v) is 4.17. The Morgan fingerprint density at radius 3 is 2.13 bits per heavy atom. The predicted octanol–water partition coefficient (Wildman–Crippen LogP) is 6.90. The summed E-state index contributed by atoms with van der Waals surface area (Å²) in [5.41, 5.74) is 8.73. The van der Waals surface area contributed by atoms with Gasteiger partial charge < -0.3 is 5.32 Å². The van der Waals surface area contributed by atoms with Gasteiger partial charge in [0.15, 0.2) is 0 Å². The number of aromatic nitrogens is 1. The molecule has 1 N–H and O–H groups in total. The Morgan fingerprint density at radius 2 is 1.48 bits per heavy atom. The summed E-state index contributed by atoms with van der Waals surface area (Å²) in [4.78, 5) is 18.6. The van der Waals surface area contributed by atoms with E-state index >= 15 is 0 Å². The summed E-state index contributed by atoms with van der Waals surface area (Å²) in [6, 6.07) is 22.4. The maximum atomic E-state index is 13.7. The lowest BCUT2D eigenvalue weighted by molar-refractivity contribution is 0.102. The number of nitrogens with one attached hydrogen (secondary N) is 1. The second-order valence-electron chi connectivity index (χ2n) is 7.96. The van der Waals surface area contributed by atoms with E-state index in [1.165, 1.54) is 5.56 Å². The van der Waals surface area contributed by atoms with Crippen molar-refractivity contribution in [1.29, 1.82) is 0 Å². The molecule has 3 heteroatoms. The van der Waals surface area contributed by atoms with E-state index in [4.69, 9.17) is 4.98 Å². The number of rotatable bonds is 5. The monoisotopic (exact) mass is 408 g/mol. The average molecular weight is 409 g/mol. The third-order valence-electron chi connectivity index (χ3n) is 5.93. The summed E-state index contributed by atoms with van der Waals surface area (Å²) >= 11 is 0. The Balaban J connectivity index is 1.88. The van der Waals surface area contributed by atoms with Crippen LogP contribution in [0.4, 0.5) is 5.69 Å². The van der Waals surface area contributed by atoms with Crippen LogP contribution < -0.4 is 5.32 Å². The molecular formula is C28H28N2O. The molecule has 0 aliphatic rings. The maximum Gasteiger partial charge on any atom is 0.256 e. The van der Waals surface area contributed by atoms with Crippen molar-refractivity contribution in [3.63, 3.8) is 0 Å². The minimum Gasteiger partial charge on any atom is -0.321 e. The molecule has 0 spiro atoms. The zero-order valence-electron chi connectivity index (χ0n) is 18.6. The molecule has 3 nitrogen and oxygen atoms in total. The van der Waals surface area contributed by atoms with Crippen LogP contribution >= 0.6 is 0 Å². The first-order valence-electron chi connectivity index (χ1n) is 10.9. The molecule has 0 fully saturated rings. The third kappa shape index (κ3) is 3.96. The first-order chi connectivity index (χ1) is 15.0. The van der Waals surface area contributed by atoms with Crippen molar-refractivity contribution < 1.29 is 4.79 Å². The van der Waals surface area contributed by atoms with E-state index in [2.05, 4.69) is 68.6 Å². The Kier molecular flexibility index (Phi) is 5.85. The van der Waals surface area contributed by atoms with E-state index in [-0.39, 0.29) is 5.91 Å². The fourth-order valence-electron chi connectivity index (χ4n) is 4.17. The standard InChI is InChI=1S/C28H28N2O/c1-5-20-10-9-11-21(6-2)27(20)30-28(31)25-19(4)26(22-16-14-18(3)15-17-22)29-24-13-8-7-12-23(24)25/h7-17H,5-6H2,1-4H3,(H,30,31). The molecule has 31 heavy (non-hydrogen) atoms. The highest BCUT2D eigenvalue weighted by atomic mass is 16.1. The lowest BCUT2D eigenvalue weighted by Crippen LogP contribution is -2.17. The molecule has 0 bridgehead atoms. The minimum absolute atomic E-state index is 0.0833. The van der Waals surface area contributed by atoms with Crippen LogP contribution in [0.2, 0.25) is 0 Å². The summed E-state index contributed by atoms with van der Waals surface area (Å²) in [6.45, 7) is 8.30. The van der Waals surface area contributed by atoms with Crippen molar-refractivity contribution in [2.24, 2.45) is 0 Å². The molecule has 0 aliphatic heterocycles. The smallest absolute Gasteiger partial charge is 0.256 e. The highest BCUT2D eigenvalue weighted by Crippen LogP contribution is 2.31. The van der Waals surface area contributed by atoms with Gasteiger partial charge >= 0.3 is 0 Å². The molecule has 0 saturated heterocycles. The van der Waals surface area contributed by atoms with E-state index in [1.54, 1.807) is 0 Å². The van der Waals surface area contributed by atoms with E-state index < -0.39 is 0 Å². The average Bonchev–Trinajstić information content (AvgIpc) is 2.79. The molecule has 1 aromatic heterocycles. The number of hydrogen-bond donors (Lipinski definition) is 1. The number of carbonyl (C=O) groups excluding carboxylic acids is 1. The number of para-hydroxylation sites is 2. The molecule has 0 radical (unpaired) electrons. The highest BCUT2D eigenvalue weighted by Gasteiger charge is 2.20. The van der Waals surface area contributed by atoms with Gasteiger partial charge in [-0.15, -0.1) is 0 Å². The number of hydrogen-bond acceptors (Lipinski definition) is 2. The Labute approximate surface area is 184 Å². The van der Waals surface area contributed by atoms with E-state index in [1.807, 2.05) is 31.2 Å². The number of aryl methyl sites for hydroxylation is 3. The van der Waals surface area contributed by atoms with Crippen molar-refractivity contribution in [2.75, 3.05) is 5.32 Å². The molecule has 156 valence electrons. The van der Waals surface area contributed by atoms with Gasteiger partial charge in [0.1, 0.15) is 0 Å². The van der Waals surface area contributed by atoms with Crippen LogP contribution in [0.15, 0.2) is 66.7 Å². The summed E-state index contributed by atoms with van der Waals surface area (Å²) in [5.74, 6) is -0.0833. The Bertz CT molecular complexity index is 1230. The summed E-state index contributed by atoms with van der Waals surface area (Å²) in [6.07, 6.45) is 1.74. The lowest BCUT2D eigenvalue weighted by atomic mass is 9.96. The zero-order valence-corrected chi connectivity index (χ0v) is 18.6. The normalized spacial score (nSPS) is 11.0. The Morgan fingerprint density at radius 1 is 0.839 bits per heavy atom. The first-order valence-corrected chi connectivity index (χ1v) is 10.9. The van der Waals surface area contributed by atoms with Crippen LogP contribution in [0, 0.1) is 13.8 Å². The van der Waals surface area contributed by atoms with E-state index in [0.29, 0.717) is 5.56 Å². The largest absolute Gasteiger partial charge is 0.321 e. The van der Waals surface area contributed by atoms with Crippen molar-refractivity contribution in [2.45, 2.75) is 40.5 Å². The van der Waals surface area contributed by atoms with Gasteiger partial charge in [0.2, 0.25) is 0 Å². The van der Waals surface area contributed by atoms with E-state index in [9.17, 15) is 4.79 Å². The molecule has 3 aromatic carbocycles. The molecule has 0 atom stereocenters. The third-order valence-corrected chi connectivity index (χ3v) is 5.93. The van der Waals surface area contributed by atoms with Crippen LogP contribution in [0.25, 0.3) is 22.2 Å². The number of benzene rings is 3. The van der Waals surface area contributed by atoms with Gasteiger partial charge in [-0.2, -0.15) is 0 Å². The Hall–Kier alpha value is -3.46. The lowest BCUT2D eigenvalue weighted by Gasteiger charge is -2.18. The summed E-state index contributed by atoms with van der Waals surface area (Å²) < 4.78 is 0. The molecule has 1 amide bonds. The van der Waals surface area contributed by atoms with Crippen LogP contribution in [0.1, 0.15) is 46.5 Å². The van der Waals surface area contributed by atoms with Gasteiger partial charge in [-0.3, -0.25) is 4.79 Å². The van der Waals surface area contributed by atoms with Gasteiger partial charge in [0.25, 0.3) is 5.91 Å². The molecule has 0 unspecified atom stereocenters. The van der Waals surface area contributed by atoms with Crippen molar-refractivity contribution >= 4 is 22.5 Å². The van der Waals surface area contributed by atoms with Crippen LogP contribution in [-0.2, 0) is 12.8 Å². The van der Waals surface area contributed by atoms with Crippen LogP contribution in [-0.4, -0.2) is 10.9 Å². The van der Waals surface area contributed by atoms with Crippen molar-refractivity contribution in [1.82, 2.24) is 4.98 Å². The predicted molar refractivity (Wildman–Crippen MR) is 130 cm³/mol. The maximum absolute atomic E-state index is 13.7. The first kappa shape index (κ1) is 20.8. The number of anilines is 1. The second-order valence-corrected chi connectivity index (χ2v) is 7.96. The summed E-state index contributed by atoms with van der Waals surface area (Å²) in [7, 11) is 0. The van der Waals surface area contributed by atoms with Gasteiger partial charge in [0, 0.05) is 16.6 Å². The molecule has 1 heterocycles. The van der Waals surface area contributed by atoms with Crippen molar-refractivity contribution in [3.8, 4) is 11.3 Å². The number of carbonyl (C=O) groups is 1. The highest BCUT2D eigenvalue weighted by molar-refractivity contribution is 6.14. The number of fused-ring (bicyclic) bond motifs is 1. The zero-order chi connectivity index (χ0) is 22.0. The van der Waals surface area contributed by atoms with Crippen molar-refractivity contribution in [3.05, 3.63) is 94.5 Å². The number of nitrogens with zero attached hydrogens (tertiary/aromatic N) is 1. The summed E-state index contributed by atoms with van der Waals surface area (Å²) in [5, 5.41) is 4.13. The van der Waals surface area contributed by atoms with Crippen LogP contribution in [0.3, 0.4) is 0 Å². The van der Waals surface area contributed by atoms with E-state index in [0.717, 1.165) is 57.4 Å². The molecule has 0 aliphatic carbocycles. The molecule has 0 saturated carbocycles.